The van der Waals surface area contributed by atoms with Crippen molar-refractivity contribution in [1.29, 1.82) is 0 Å². The summed E-state index contributed by atoms with van der Waals surface area (Å²) in [5.41, 5.74) is -0.318. The van der Waals surface area contributed by atoms with Crippen LogP contribution in [-0.4, -0.2) is 38.8 Å². The van der Waals surface area contributed by atoms with Crippen LogP contribution in [0, 0.1) is 5.82 Å². The Labute approximate surface area is 137 Å². The lowest BCUT2D eigenvalue weighted by atomic mass is 10.2. The molecular formula is C16H24FNO4S. The molecule has 2 rings (SSSR count). The maximum absolute atomic E-state index is 12.7. The molecule has 0 aromatic heterocycles. The molecule has 1 saturated heterocycles. The zero-order chi connectivity index (χ0) is 17.5. The lowest BCUT2D eigenvalue weighted by molar-refractivity contribution is -0.138. The summed E-state index contributed by atoms with van der Waals surface area (Å²) in [4.78, 5) is 9.82. The Balaban J connectivity index is 0.000000322. The second-order valence-electron chi connectivity index (χ2n) is 6.27. The fraction of sp³-hybridized carbons (Fsp3) is 0.562. The van der Waals surface area contributed by atoms with Crippen molar-refractivity contribution in [3.63, 3.8) is 0 Å². The minimum atomic E-state index is -3.29. The van der Waals surface area contributed by atoms with E-state index in [1.54, 1.807) is 0 Å². The van der Waals surface area contributed by atoms with Crippen LogP contribution >= 0.6 is 0 Å². The second-order valence-corrected chi connectivity index (χ2v) is 8.50. The number of nitrogens with one attached hydrogen (secondary N) is 1. The first kappa shape index (κ1) is 19.6. The zero-order valence-corrected chi connectivity index (χ0v) is 14.5. The number of benzene rings is 1. The van der Waals surface area contributed by atoms with Crippen molar-refractivity contribution in [2.24, 2.45) is 0 Å². The predicted octanol–water partition coefficient (Wildman–Crippen LogP) is 2.31. The highest BCUT2D eigenvalue weighted by Gasteiger charge is 2.28. The zero-order valence-electron chi connectivity index (χ0n) is 13.7. The van der Waals surface area contributed by atoms with Gasteiger partial charge in [-0.2, -0.15) is 0 Å². The smallest absolute Gasteiger partial charge is 0.293 e. The van der Waals surface area contributed by atoms with E-state index in [2.05, 4.69) is 10.1 Å². The largest absolute Gasteiger partial charge is 0.462 e. The lowest BCUT2D eigenvalue weighted by Gasteiger charge is -2.22. The molecular weight excluding hydrogens is 321 g/mol. The molecule has 23 heavy (non-hydrogen) atoms. The molecule has 1 fully saturated rings. The van der Waals surface area contributed by atoms with Crippen molar-refractivity contribution in [3.05, 3.63) is 30.1 Å². The van der Waals surface area contributed by atoms with Crippen molar-refractivity contribution in [3.8, 4) is 0 Å². The summed E-state index contributed by atoms with van der Waals surface area (Å²) in [5.74, 6) is -0.413. The van der Waals surface area contributed by atoms with Gasteiger partial charge in [0, 0.05) is 0 Å². The van der Waals surface area contributed by atoms with Gasteiger partial charge in [0.15, 0.2) is 9.84 Å². The highest BCUT2D eigenvalue weighted by molar-refractivity contribution is 7.92. The van der Waals surface area contributed by atoms with E-state index in [1.165, 1.54) is 24.3 Å². The van der Waals surface area contributed by atoms with Gasteiger partial charge < -0.3 is 10.1 Å². The number of rotatable bonds is 3. The normalized spacial score (nSPS) is 16.2. The third kappa shape index (κ3) is 6.66. The topological polar surface area (TPSA) is 72.5 Å². The van der Waals surface area contributed by atoms with E-state index in [1.807, 2.05) is 20.8 Å². The van der Waals surface area contributed by atoms with Crippen LogP contribution < -0.4 is 5.32 Å². The number of piperidine rings is 1. The predicted molar refractivity (Wildman–Crippen MR) is 86.4 cm³/mol. The number of sulfone groups is 1. The summed E-state index contributed by atoms with van der Waals surface area (Å²) in [6.07, 6.45) is 1.25. The van der Waals surface area contributed by atoms with Crippen LogP contribution in [0.4, 0.5) is 4.39 Å². The van der Waals surface area contributed by atoms with Crippen molar-refractivity contribution < 1.29 is 22.3 Å². The molecule has 1 aliphatic rings. The van der Waals surface area contributed by atoms with Gasteiger partial charge in [0.25, 0.3) is 6.47 Å². The Morgan fingerprint density at radius 2 is 1.70 bits per heavy atom. The minimum Gasteiger partial charge on any atom is -0.462 e. The fourth-order valence-corrected chi connectivity index (χ4v) is 3.82. The molecule has 0 unspecified atom stereocenters. The molecule has 7 heteroatoms. The Kier molecular flexibility index (Phi) is 7.15. The van der Waals surface area contributed by atoms with Crippen molar-refractivity contribution >= 4 is 16.3 Å². The number of hydrogen-bond acceptors (Lipinski definition) is 5. The standard InChI is InChI=1S/C11H14FNO2S.C5H10O2/c12-9-1-3-10(4-2-9)16(14,15)11-5-7-13-8-6-11;1-5(2,3)7-4-6/h1-4,11,13H,5-8H2;4H,1-3H3. The van der Waals surface area contributed by atoms with E-state index in [-0.39, 0.29) is 15.7 Å². The van der Waals surface area contributed by atoms with E-state index in [4.69, 9.17) is 0 Å². The number of hydrogen-bond donors (Lipinski definition) is 1. The quantitative estimate of drug-likeness (QED) is 0.672. The Hall–Kier alpha value is -1.47. The number of ether oxygens (including phenoxy) is 1. The lowest BCUT2D eigenvalue weighted by Crippen LogP contribution is -2.35. The Morgan fingerprint density at radius 1 is 1.17 bits per heavy atom. The Bertz CT molecular complexity index is 588. The maximum atomic E-state index is 12.7. The van der Waals surface area contributed by atoms with E-state index < -0.39 is 15.7 Å². The highest BCUT2D eigenvalue weighted by Crippen LogP contribution is 2.22. The van der Waals surface area contributed by atoms with Crippen LogP contribution in [-0.2, 0) is 19.4 Å². The van der Waals surface area contributed by atoms with E-state index in [0.717, 1.165) is 13.1 Å². The first-order valence-electron chi connectivity index (χ1n) is 7.48. The van der Waals surface area contributed by atoms with Crippen LogP contribution in [0.15, 0.2) is 29.2 Å². The SMILES string of the molecule is CC(C)(C)OC=O.O=S(=O)(c1ccc(F)cc1)C1CCNCC1. The van der Waals surface area contributed by atoms with Crippen molar-refractivity contribution in [2.75, 3.05) is 13.1 Å². The molecule has 1 aromatic rings. The summed E-state index contributed by atoms with van der Waals surface area (Å²) in [5, 5.41) is 2.79. The van der Waals surface area contributed by atoms with E-state index >= 15 is 0 Å². The molecule has 1 N–H and O–H groups in total. The monoisotopic (exact) mass is 345 g/mol. The van der Waals surface area contributed by atoms with Crippen LogP contribution in [0.5, 0.6) is 0 Å². The summed E-state index contributed by atoms with van der Waals surface area (Å²) in [7, 11) is -3.29. The average molecular weight is 345 g/mol. The number of carbonyl (C=O) groups excluding carboxylic acids is 1. The van der Waals surface area contributed by atoms with Crippen LogP contribution in [0.25, 0.3) is 0 Å². The van der Waals surface area contributed by atoms with Gasteiger partial charge in [-0.15, -0.1) is 0 Å². The average Bonchev–Trinajstić information content (AvgIpc) is 2.48. The molecule has 1 aliphatic heterocycles. The fourth-order valence-electron chi connectivity index (χ4n) is 2.07. The molecule has 0 spiro atoms. The van der Waals surface area contributed by atoms with E-state index in [0.29, 0.717) is 19.3 Å². The van der Waals surface area contributed by atoms with E-state index in [9.17, 15) is 17.6 Å². The maximum Gasteiger partial charge on any atom is 0.293 e. The van der Waals surface area contributed by atoms with Gasteiger partial charge in [-0.1, -0.05) is 0 Å². The molecule has 130 valence electrons. The molecule has 1 heterocycles. The third-order valence-corrected chi connectivity index (χ3v) is 5.55. The van der Waals surface area contributed by atoms with Crippen LogP contribution in [0.1, 0.15) is 33.6 Å². The minimum absolute atomic E-state index is 0.223. The molecule has 0 aliphatic carbocycles. The van der Waals surface area contributed by atoms with Gasteiger partial charge >= 0.3 is 0 Å². The van der Waals surface area contributed by atoms with Crippen LogP contribution in [0.3, 0.4) is 0 Å². The van der Waals surface area contributed by atoms with Crippen LogP contribution in [0.2, 0.25) is 0 Å². The van der Waals surface area contributed by atoms with Gasteiger partial charge in [-0.05, 0) is 71.0 Å². The van der Waals surface area contributed by atoms with Crippen molar-refractivity contribution in [1.82, 2.24) is 5.32 Å². The number of halogens is 1. The van der Waals surface area contributed by atoms with Gasteiger partial charge in [-0.25, -0.2) is 12.8 Å². The molecule has 0 amide bonds. The third-order valence-electron chi connectivity index (χ3n) is 3.27. The van der Waals surface area contributed by atoms with Gasteiger partial charge in [0.1, 0.15) is 11.4 Å². The Morgan fingerprint density at radius 3 is 2.09 bits per heavy atom. The van der Waals surface area contributed by atoms with Gasteiger partial charge in [-0.3, -0.25) is 4.79 Å². The molecule has 0 bridgehead atoms. The highest BCUT2D eigenvalue weighted by atomic mass is 32.2. The van der Waals surface area contributed by atoms with Gasteiger partial charge in [0.2, 0.25) is 0 Å². The molecule has 0 radical (unpaired) electrons. The number of carbonyl (C=O) groups is 1. The van der Waals surface area contributed by atoms with Crippen molar-refractivity contribution in [2.45, 2.75) is 49.4 Å². The summed E-state index contributed by atoms with van der Waals surface area (Å²) in [6.45, 7) is 7.38. The molecule has 0 atom stereocenters. The first-order chi connectivity index (χ1) is 10.7. The molecule has 0 saturated carbocycles. The first-order valence-corrected chi connectivity index (χ1v) is 9.03. The summed E-state index contributed by atoms with van der Waals surface area (Å²) in [6, 6.07) is 5.06. The van der Waals surface area contributed by atoms with Gasteiger partial charge in [0.05, 0.1) is 10.1 Å². The summed E-state index contributed by atoms with van der Waals surface area (Å²) < 4.78 is 41.6. The second kappa shape index (κ2) is 8.40. The molecule has 5 nitrogen and oxygen atoms in total. The molecule has 1 aromatic carbocycles. The summed E-state index contributed by atoms with van der Waals surface area (Å²) >= 11 is 0.